The van der Waals surface area contributed by atoms with Gasteiger partial charge in [-0.3, -0.25) is 0 Å². The van der Waals surface area contributed by atoms with Crippen molar-refractivity contribution in [2.24, 2.45) is 0 Å². The molecule has 0 amide bonds. The molecule has 0 fully saturated rings. The van der Waals surface area contributed by atoms with Gasteiger partial charge >= 0.3 is 0 Å². The fourth-order valence-electron chi connectivity index (χ4n) is 0.906. The van der Waals surface area contributed by atoms with E-state index in [9.17, 15) is 4.39 Å². The van der Waals surface area contributed by atoms with Gasteiger partial charge in [0.1, 0.15) is 10.9 Å². The Labute approximate surface area is 80.4 Å². The first-order valence-corrected chi connectivity index (χ1v) is 4.88. The van der Waals surface area contributed by atoms with Crippen molar-refractivity contribution in [1.82, 2.24) is 9.97 Å². The Morgan fingerprint density at radius 1 is 1.38 bits per heavy atom. The Morgan fingerprint density at radius 3 is 2.69 bits per heavy atom. The third kappa shape index (κ3) is 2.63. The van der Waals surface area contributed by atoms with E-state index in [1.807, 2.05) is 0 Å². The van der Waals surface area contributed by atoms with Crippen LogP contribution in [0.2, 0.25) is 0 Å². The molecule has 0 unspecified atom stereocenters. The number of aromatic nitrogens is 2. The highest BCUT2D eigenvalue weighted by Crippen LogP contribution is 2.20. The van der Waals surface area contributed by atoms with Gasteiger partial charge in [0.2, 0.25) is 0 Å². The number of rotatable bonds is 3. The third-order valence-corrected chi connectivity index (χ3v) is 2.36. The summed E-state index contributed by atoms with van der Waals surface area (Å²) in [5.74, 6) is 0.621. The monoisotopic (exact) mass is 202 g/mol. The summed E-state index contributed by atoms with van der Waals surface area (Å²) in [4.78, 5) is 7.82. The standard InChI is InChI=1S/C8H11FN2OS/c1-5-7(9)8(13-4-3-12)11-6(2)10-5/h12H,3-4H2,1-2H3. The lowest BCUT2D eigenvalue weighted by atomic mass is 10.4. The molecule has 0 aliphatic carbocycles. The molecule has 3 nitrogen and oxygen atoms in total. The minimum absolute atomic E-state index is 0.0200. The van der Waals surface area contributed by atoms with E-state index in [-0.39, 0.29) is 12.4 Å². The topological polar surface area (TPSA) is 46.0 Å². The molecule has 1 heterocycles. The second-order valence-electron chi connectivity index (χ2n) is 2.55. The first kappa shape index (κ1) is 10.4. The van der Waals surface area contributed by atoms with Crippen molar-refractivity contribution in [2.45, 2.75) is 18.9 Å². The van der Waals surface area contributed by atoms with Gasteiger partial charge in [-0.25, -0.2) is 14.4 Å². The van der Waals surface area contributed by atoms with Gasteiger partial charge in [-0.15, -0.1) is 11.8 Å². The lowest BCUT2D eigenvalue weighted by Crippen LogP contribution is -2.00. The van der Waals surface area contributed by atoms with Crippen LogP contribution >= 0.6 is 11.8 Å². The van der Waals surface area contributed by atoms with Crippen LogP contribution in [0.4, 0.5) is 4.39 Å². The van der Waals surface area contributed by atoms with E-state index in [1.165, 1.54) is 11.8 Å². The molecule has 1 rings (SSSR count). The molecule has 13 heavy (non-hydrogen) atoms. The van der Waals surface area contributed by atoms with Crippen molar-refractivity contribution in [3.8, 4) is 0 Å². The average molecular weight is 202 g/mol. The summed E-state index contributed by atoms with van der Waals surface area (Å²) in [5.41, 5.74) is 0.355. The van der Waals surface area contributed by atoms with E-state index in [0.29, 0.717) is 22.3 Å². The predicted octanol–water partition coefficient (Wildman–Crippen LogP) is 1.32. The minimum Gasteiger partial charge on any atom is -0.396 e. The Balaban J connectivity index is 2.92. The third-order valence-electron chi connectivity index (χ3n) is 1.43. The molecule has 1 N–H and O–H groups in total. The lowest BCUT2D eigenvalue weighted by Gasteiger charge is -2.03. The summed E-state index contributed by atoms with van der Waals surface area (Å²) in [6, 6.07) is 0. The highest BCUT2D eigenvalue weighted by molar-refractivity contribution is 7.99. The number of aliphatic hydroxyl groups is 1. The summed E-state index contributed by atoms with van der Waals surface area (Å²) in [7, 11) is 0. The second kappa shape index (κ2) is 4.53. The van der Waals surface area contributed by atoms with Crippen LogP contribution in [0.3, 0.4) is 0 Å². The van der Waals surface area contributed by atoms with E-state index < -0.39 is 0 Å². The summed E-state index contributed by atoms with van der Waals surface area (Å²) in [6.07, 6.45) is 0. The average Bonchev–Trinajstić information content (AvgIpc) is 2.09. The summed E-state index contributed by atoms with van der Waals surface area (Å²) in [6.45, 7) is 3.34. The molecule has 0 saturated carbocycles. The van der Waals surface area contributed by atoms with Crippen LogP contribution in [-0.4, -0.2) is 27.4 Å². The molecule has 5 heteroatoms. The molecule has 0 radical (unpaired) electrons. The SMILES string of the molecule is Cc1nc(C)c(F)c(SCCO)n1. The zero-order valence-corrected chi connectivity index (χ0v) is 8.36. The quantitative estimate of drug-likeness (QED) is 0.593. The number of thioether (sulfide) groups is 1. The van der Waals surface area contributed by atoms with Crippen LogP contribution < -0.4 is 0 Å². The van der Waals surface area contributed by atoms with Gasteiger partial charge in [0.25, 0.3) is 0 Å². The predicted molar refractivity (Wildman–Crippen MR) is 49.3 cm³/mol. The van der Waals surface area contributed by atoms with Gasteiger partial charge < -0.3 is 5.11 Å². The van der Waals surface area contributed by atoms with Gasteiger partial charge in [0.05, 0.1) is 12.3 Å². The molecule has 72 valence electrons. The largest absolute Gasteiger partial charge is 0.396 e. The van der Waals surface area contributed by atoms with E-state index >= 15 is 0 Å². The Bertz CT molecular complexity index is 306. The van der Waals surface area contributed by atoms with Crippen LogP contribution in [0, 0.1) is 19.7 Å². The molecule has 1 aromatic heterocycles. The molecule has 0 aromatic carbocycles. The maximum atomic E-state index is 13.3. The smallest absolute Gasteiger partial charge is 0.176 e. The van der Waals surface area contributed by atoms with Crippen LogP contribution in [0.25, 0.3) is 0 Å². The van der Waals surface area contributed by atoms with Crippen LogP contribution in [0.15, 0.2) is 5.03 Å². The first-order chi connectivity index (χ1) is 6.15. The Hall–Kier alpha value is -0.680. The van der Waals surface area contributed by atoms with Crippen molar-refractivity contribution in [3.05, 3.63) is 17.3 Å². The number of aryl methyl sites for hydroxylation is 2. The van der Waals surface area contributed by atoms with Crippen molar-refractivity contribution in [3.63, 3.8) is 0 Å². The number of hydrogen-bond donors (Lipinski definition) is 1. The fourth-order valence-corrected chi connectivity index (χ4v) is 1.66. The first-order valence-electron chi connectivity index (χ1n) is 3.89. The number of hydrogen-bond acceptors (Lipinski definition) is 4. The lowest BCUT2D eigenvalue weighted by molar-refractivity contribution is 0.322. The molecule has 0 atom stereocenters. The Morgan fingerprint density at radius 2 is 2.08 bits per heavy atom. The van der Waals surface area contributed by atoms with Gasteiger partial charge in [-0.2, -0.15) is 0 Å². The van der Waals surface area contributed by atoms with Crippen molar-refractivity contribution in [1.29, 1.82) is 0 Å². The second-order valence-corrected chi connectivity index (χ2v) is 3.63. The summed E-state index contributed by atoms with van der Waals surface area (Å²) < 4.78 is 13.3. The maximum Gasteiger partial charge on any atom is 0.176 e. The summed E-state index contributed by atoms with van der Waals surface area (Å²) in [5, 5.41) is 8.89. The molecule has 0 spiro atoms. The Kier molecular flexibility index (Phi) is 3.62. The normalized spacial score (nSPS) is 10.5. The maximum absolute atomic E-state index is 13.3. The van der Waals surface area contributed by atoms with E-state index in [4.69, 9.17) is 5.11 Å². The van der Waals surface area contributed by atoms with Gasteiger partial charge in [0, 0.05) is 5.75 Å². The number of nitrogens with zero attached hydrogens (tertiary/aromatic N) is 2. The van der Waals surface area contributed by atoms with Crippen molar-refractivity contribution in [2.75, 3.05) is 12.4 Å². The van der Waals surface area contributed by atoms with Crippen LogP contribution in [0.1, 0.15) is 11.5 Å². The van der Waals surface area contributed by atoms with Gasteiger partial charge in [-0.1, -0.05) is 0 Å². The summed E-state index contributed by atoms with van der Waals surface area (Å²) >= 11 is 1.20. The highest BCUT2D eigenvalue weighted by atomic mass is 32.2. The molecular formula is C8H11FN2OS. The van der Waals surface area contributed by atoms with Gasteiger partial charge in [-0.05, 0) is 13.8 Å². The molecular weight excluding hydrogens is 191 g/mol. The van der Waals surface area contributed by atoms with E-state index in [0.717, 1.165) is 0 Å². The van der Waals surface area contributed by atoms with E-state index in [1.54, 1.807) is 13.8 Å². The van der Waals surface area contributed by atoms with Crippen LogP contribution in [0.5, 0.6) is 0 Å². The molecule has 1 aromatic rings. The molecule has 0 bridgehead atoms. The zero-order chi connectivity index (χ0) is 9.84. The van der Waals surface area contributed by atoms with Crippen LogP contribution in [-0.2, 0) is 0 Å². The highest BCUT2D eigenvalue weighted by Gasteiger charge is 2.09. The molecule has 0 aliphatic heterocycles. The molecule has 0 saturated heterocycles. The zero-order valence-electron chi connectivity index (χ0n) is 7.54. The molecule has 0 aliphatic rings. The van der Waals surface area contributed by atoms with E-state index in [2.05, 4.69) is 9.97 Å². The number of halogens is 1. The number of aliphatic hydroxyl groups excluding tert-OH is 1. The fraction of sp³-hybridized carbons (Fsp3) is 0.500. The van der Waals surface area contributed by atoms with Crippen molar-refractivity contribution >= 4 is 11.8 Å². The van der Waals surface area contributed by atoms with Gasteiger partial charge in [0.15, 0.2) is 5.82 Å². The minimum atomic E-state index is -0.385. The van der Waals surface area contributed by atoms with Crippen molar-refractivity contribution < 1.29 is 9.50 Å².